The minimum atomic E-state index is 0.152. The first-order chi connectivity index (χ1) is 8.72. The predicted molar refractivity (Wildman–Crippen MR) is 70.1 cm³/mol. The van der Waals surface area contributed by atoms with E-state index < -0.39 is 0 Å². The standard InChI is InChI=1S/C13H19N5/c1-4-10-5-6-11(15-8-10)7-12(14-2)13-9-18(3)17-16-13/h5-6,8-9,12,14H,4,7H2,1-3H3. The maximum absolute atomic E-state index is 4.47. The van der Waals surface area contributed by atoms with Crippen molar-refractivity contribution >= 4 is 0 Å². The van der Waals surface area contributed by atoms with Crippen LogP contribution in [-0.4, -0.2) is 27.0 Å². The fourth-order valence-electron chi connectivity index (χ4n) is 1.87. The quantitative estimate of drug-likeness (QED) is 0.862. The Kier molecular flexibility index (Phi) is 4.04. The van der Waals surface area contributed by atoms with Crippen molar-refractivity contribution in [1.29, 1.82) is 0 Å². The van der Waals surface area contributed by atoms with Crippen LogP contribution in [0.1, 0.15) is 29.9 Å². The van der Waals surface area contributed by atoms with E-state index >= 15 is 0 Å². The average molecular weight is 245 g/mol. The molecule has 2 heterocycles. The Balaban J connectivity index is 2.10. The highest BCUT2D eigenvalue weighted by Crippen LogP contribution is 2.14. The lowest BCUT2D eigenvalue weighted by Crippen LogP contribution is -2.19. The fraction of sp³-hybridized carbons (Fsp3) is 0.462. The molecular formula is C13H19N5. The molecule has 18 heavy (non-hydrogen) atoms. The maximum atomic E-state index is 4.47. The summed E-state index contributed by atoms with van der Waals surface area (Å²) in [4.78, 5) is 4.47. The highest BCUT2D eigenvalue weighted by Gasteiger charge is 2.14. The molecule has 1 N–H and O–H groups in total. The van der Waals surface area contributed by atoms with Crippen molar-refractivity contribution in [3.05, 3.63) is 41.5 Å². The van der Waals surface area contributed by atoms with Gasteiger partial charge in [-0.15, -0.1) is 5.10 Å². The van der Waals surface area contributed by atoms with Gasteiger partial charge in [-0.1, -0.05) is 18.2 Å². The highest BCUT2D eigenvalue weighted by atomic mass is 15.4. The molecule has 1 atom stereocenters. The Bertz CT molecular complexity index is 488. The number of nitrogens with one attached hydrogen (secondary N) is 1. The number of likely N-dealkylation sites (N-methyl/N-ethyl adjacent to an activating group) is 1. The molecule has 96 valence electrons. The van der Waals surface area contributed by atoms with Gasteiger partial charge in [0.1, 0.15) is 0 Å². The van der Waals surface area contributed by atoms with Crippen molar-refractivity contribution in [2.24, 2.45) is 7.05 Å². The van der Waals surface area contributed by atoms with Gasteiger partial charge in [0.2, 0.25) is 0 Å². The number of hydrogen-bond donors (Lipinski definition) is 1. The number of pyridine rings is 1. The van der Waals surface area contributed by atoms with Crippen LogP contribution < -0.4 is 5.32 Å². The van der Waals surface area contributed by atoms with Crippen LogP contribution in [0.3, 0.4) is 0 Å². The average Bonchev–Trinajstić information content (AvgIpc) is 2.83. The molecule has 5 nitrogen and oxygen atoms in total. The van der Waals surface area contributed by atoms with E-state index in [-0.39, 0.29) is 6.04 Å². The SMILES string of the molecule is CCc1ccc(CC(NC)c2cn(C)nn2)nc1. The van der Waals surface area contributed by atoms with E-state index in [0.29, 0.717) is 0 Å². The minimum Gasteiger partial charge on any atom is -0.311 e. The van der Waals surface area contributed by atoms with Crippen LogP contribution in [0.4, 0.5) is 0 Å². The second-order valence-electron chi connectivity index (χ2n) is 4.37. The van der Waals surface area contributed by atoms with E-state index in [1.807, 2.05) is 26.5 Å². The van der Waals surface area contributed by atoms with Gasteiger partial charge in [-0.25, -0.2) is 0 Å². The van der Waals surface area contributed by atoms with Gasteiger partial charge in [-0.3, -0.25) is 9.67 Å². The first-order valence-electron chi connectivity index (χ1n) is 6.20. The lowest BCUT2D eigenvalue weighted by atomic mass is 10.1. The molecule has 0 aliphatic rings. The van der Waals surface area contributed by atoms with E-state index in [2.05, 4.69) is 39.7 Å². The maximum Gasteiger partial charge on any atom is 0.1000 e. The normalized spacial score (nSPS) is 12.6. The van der Waals surface area contributed by atoms with E-state index in [1.165, 1.54) is 5.56 Å². The predicted octanol–water partition coefficient (Wildman–Crippen LogP) is 1.28. The summed E-state index contributed by atoms with van der Waals surface area (Å²) >= 11 is 0. The topological polar surface area (TPSA) is 55.6 Å². The Morgan fingerprint density at radius 1 is 1.39 bits per heavy atom. The van der Waals surface area contributed by atoms with Gasteiger partial charge < -0.3 is 5.32 Å². The molecule has 0 saturated heterocycles. The Hall–Kier alpha value is -1.75. The van der Waals surface area contributed by atoms with Crippen LogP contribution in [0.5, 0.6) is 0 Å². The van der Waals surface area contributed by atoms with Gasteiger partial charge in [0, 0.05) is 31.6 Å². The molecule has 0 fully saturated rings. The molecule has 2 aromatic rings. The van der Waals surface area contributed by atoms with Gasteiger partial charge in [-0.05, 0) is 25.1 Å². The number of rotatable bonds is 5. The second-order valence-corrected chi connectivity index (χ2v) is 4.37. The molecule has 2 rings (SSSR count). The van der Waals surface area contributed by atoms with Crippen molar-refractivity contribution in [2.45, 2.75) is 25.8 Å². The summed E-state index contributed by atoms with van der Waals surface area (Å²) in [5.74, 6) is 0. The van der Waals surface area contributed by atoms with Crippen LogP contribution in [-0.2, 0) is 19.9 Å². The van der Waals surface area contributed by atoms with Gasteiger partial charge in [-0.2, -0.15) is 0 Å². The Morgan fingerprint density at radius 3 is 2.72 bits per heavy atom. The van der Waals surface area contributed by atoms with Gasteiger partial charge in [0.15, 0.2) is 0 Å². The molecule has 0 saturated carbocycles. The zero-order valence-electron chi connectivity index (χ0n) is 11.1. The van der Waals surface area contributed by atoms with Gasteiger partial charge in [0.05, 0.1) is 11.7 Å². The molecule has 0 radical (unpaired) electrons. The molecule has 2 aromatic heterocycles. The molecule has 5 heteroatoms. The number of aryl methyl sites for hydroxylation is 2. The number of aromatic nitrogens is 4. The fourth-order valence-corrected chi connectivity index (χ4v) is 1.87. The summed E-state index contributed by atoms with van der Waals surface area (Å²) in [7, 11) is 3.80. The highest BCUT2D eigenvalue weighted by molar-refractivity contribution is 5.16. The smallest absolute Gasteiger partial charge is 0.1000 e. The molecular weight excluding hydrogens is 226 g/mol. The summed E-state index contributed by atoms with van der Waals surface area (Å²) in [6.45, 7) is 2.13. The van der Waals surface area contributed by atoms with Crippen LogP contribution in [0.15, 0.2) is 24.5 Å². The number of hydrogen-bond acceptors (Lipinski definition) is 4. The Morgan fingerprint density at radius 2 is 2.22 bits per heavy atom. The van der Waals surface area contributed by atoms with Crippen molar-refractivity contribution in [2.75, 3.05) is 7.05 Å². The minimum absolute atomic E-state index is 0.152. The van der Waals surface area contributed by atoms with Crippen LogP contribution in [0, 0.1) is 0 Å². The Labute approximate surface area is 107 Å². The van der Waals surface area contributed by atoms with Crippen LogP contribution in [0.25, 0.3) is 0 Å². The van der Waals surface area contributed by atoms with Crippen LogP contribution >= 0.6 is 0 Å². The molecule has 0 bridgehead atoms. The first-order valence-corrected chi connectivity index (χ1v) is 6.20. The van der Waals surface area contributed by atoms with E-state index in [4.69, 9.17) is 0 Å². The third-order valence-electron chi connectivity index (χ3n) is 3.03. The summed E-state index contributed by atoms with van der Waals surface area (Å²) in [6, 6.07) is 4.37. The van der Waals surface area contributed by atoms with Crippen molar-refractivity contribution in [1.82, 2.24) is 25.3 Å². The first kappa shape index (κ1) is 12.7. The summed E-state index contributed by atoms with van der Waals surface area (Å²) in [6.07, 6.45) is 5.71. The zero-order valence-corrected chi connectivity index (χ0v) is 11.1. The summed E-state index contributed by atoms with van der Waals surface area (Å²) < 4.78 is 1.72. The lowest BCUT2D eigenvalue weighted by Gasteiger charge is -2.12. The summed E-state index contributed by atoms with van der Waals surface area (Å²) in [5, 5.41) is 11.4. The summed E-state index contributed by atoms with van der Waals surface area (Å²) in [5.41, 5.74) is 3.28. The molecule has 0 aliphatic carbocycles. The van der Waals surface area contributed by atoms with Gasteiger partial charge in [0.25, 0.3) is 0 Å². The van der Waals surface area contributed by atoms with Crippen molar-refractivity contribution in [3.8, 4) is 0 Å². The molecule has 1 unspecified atom stereocenters. The third-order valence-corrected chi connectivity index (χ3v) is 3.03. The van der Waals surface area contributed by atoms with E-state index in [1.54, 1.807) is 4.68 Å². The third kappa shape index (κ3) is 2.92. The van der Waals surface area contributed by atoms with E-state index in [0.717, 1.165) is 24.2 Å². The van der Waals surface area contributed by atoms with Gasteiger partial charge >= 0.3 is 0 Å². The zero-order chi connectivity index (χ0) is 13.0. The van der Waals surface area contributed by atoms with Crippen molar-refractivity contribution in [3.63, 3.8) is 0 Å². The molecule has 0 aliphatic heterocycles. The van der Waals surface area contributed by atoms with Crippen LogP contribution in [0.2, 0.25) is 0 Å². The van der Waals surface area contributed by atoms with E-state index in [9.17, 15) is 0 Å². The van der Waals surface area contributed by atoms with Crippen molar-refractivity contribution < 1.29 is 0 Å². The molecule has 0 amide bonds. The monoisotopic (exact) mass is 245 g/mol. The second kappa shape index (κ2) is 5.73. The number of nitrogens with zero attached hydrogens (tertiary/aromatic N) is 4. The largest absolute Gasteiger partial charge is 0.311 e. The molecule has 0 spiro atoms. The lowest BCUT2D eigenvalue weighted by molar-refractivity contribution is 0.567. The molecule has 0 aromatic carbocycles.